The fourth-order valence-electron chi connectivity index (χ4n) is 3.33. The highest BCUT2D eigenvalue weighted by molar-refractivity contribution is 5.94. The molecule has 14 nitrogen and oxygen atoms in total. The van der Waals surface area contributed by atoms with Gasteiger partial charge < -0.3 is 42.0 Å². The number of aliphatic hydroxyl groups is 1. The predicted octanol–water partition coefficient (Wildman–Crippen LogP) is -2.08. The molecular formula is C23H30N6O8. The molecule has 2 rings (SSSR count). The summed E-state index contributed by atoms with van der Waals surface area (Å²) in [6.07, 6.45) is 2.02. The van der Waals surface area contributed by atoms with Gasteiger partial charge in [-0.25, -0.2) is 9.78 Å². The molecule has 0 bridgehead atoms. The van der Waals surface area contributed by atoms with Crippen molar-refractivity contribution in [1.29, 1.82) is 0 Å². The molecule has 37 heavy (non-hydrogen) atoms. The average Bonchev–Trinajstić information content (AvgIpc) is 3.37. The minimum Gasteiger partial charge on any atom is -0.481 e. The zero-order chi connectivity index (χ0) is 27.4. The largest absolute Gasteiger partial charge is 0.481 e. The number of carbonyl (C=O) groups excluding carboxylic acids is 3. The molecule has 1 aromatic heterocycles. The Balaban J connectivity index is 2.06. The normalized spacial score (nSPS) is 14.0. The maximum atomic E-state index is 12.9. The van der Waals surface area contributed by atoms with Gasteiger partial charge in [0.1, 0.15) is 18.1 Å². The Morgan fingerprint density at radius 1 is 0.892 bits per heavy atom. The van der Waals surface area contributed by atoms with E-state index in [4.69, 9.17) is 10.8 Å². The Morgan fingerprint density at radius 2 is 1.51 bits per heavy atom. The number of aromatic amines is 1. The van der Waals surface area contributed by atoms with Gasteiger partial charge >= 0.3 is 11.9 Å². The van der Waals surface area contributed by atoms with E-state index in [0.717, 1.165) is 0 Å². The second-order valence-electron chi connectivity index (χ2n) is 8.21. The Labute approximate surface area is 211 Å². The quantitative estimate of drug-likeness (QED) is 0.128. The summed E-state index contributed by atoms with van der Waals surface area (Å²) in [6.45, 7) is -0.840. The lowest BCUT2D eigenvalue weighted by Crippen LogP contribution is -2.58. The summed E-state index contributed by atoms with van der Waals surface area (Å²) in [6, 6.07) is 3.12. The number of hydrogen-bond acceptors (Lipinski definition) is 8. The second kappa shape index (κ2) is 14.3. The van der Waals surface area contributed by atoms with E-state index >= 15 is 0 Å². The van der Waals surface area contributed by atoms with E-state index in [1.54, 1.807) is 30.3 Å². The Morgan fingerprint density at radius 3 is 2.08 bits per heavy atom. The summed E-state index contributed by atoms with van der Waals surface area (Å²) >= 11 is 0. The third-order valence-corrected chi connectivity index (χ3v) is 5.32. The number of amides is 3. The second-order valence-corrected chi connectivity index (χ2v) is 8.21. The van der Waals surface area contributed by atoms with Crippen molar-refractivity contribution in [2.75, 3.05) is 6.61 Å². The first kappa shape index (κ1) is 28.9. The zero-order valence-electron chi connectivity index (χ0n) is 19.8. The number of benzene rings is 1. The molecule has 0 spiro atoms. The topological polar surface area (TPSA) is 237 Å². The molecule has 9 N–H and O–H groups in total. The first-order valence-electron chi connectivity index (χ1n) is 11.3. The lowest BCUT2D eigenvalue weighted by atomic mass is 10.0. The van der Waals surface area contributed by atoms with Gasteiger partial charge in [0.15, 0.2) is 0 Å². The molecule has 200 valence electrons. The minimum absolute atomic E-state index is 0.0505. The van der Waals surface area contributed by atoms with Crippen LogP contribution in [-0.2, 0) is 36.8 Å². The first-order valence-corrected chi connectivity index (χ1v) is 11.3. The Kier molecular flexibility index (Phi) is 11.2. The summed E-state index contributed by atoms with van der Waals surface area (Å²) in [4.78, 5) is 67.3. The first-order chi connectivity index (χ1) is 17.6. The van der Waals surface area contributed by atoms with Crippen LogP contribution in [0.1, 0.15) is 24.1 Å². The van der Waals surface area contributed by atoms with Crippen molar-refractivity contribution < 1.29 is 39.3 Å². The van der Waals surface area contributed by atoms with E-state index < -0.39 is 66.9 Å². The summed E-state index contributed by atoms with van der Waals surface area (Å²) in [5.41, 5.74) is 7.04. The van der Waals surface area contributed by atoms with E-state index in [1.807, 2.05) is 0 Å². The number of aliphatic hydroxyl groups excluding tert-OH is 1. The maximum Gasteiger partial charge on any atom is 0.326 e. The molecule has 0 aliphatic rings. The Bertz CT molecular complexity index is 1060. The maximum absolute atomic E-state index is 12.9. The number of hydrogen-bond donors (Lipinski definition) is 8. The number of carbonyl (C=O) groups is 5. The van der Waals surface area contributed by atoms with E-state index in [9.17, 15) is 34.2 Å². The molecule has 3 amide bonds. The van der Waals surface area contributed by atoms with Gasteiger partial charge in [-0.3, -0.25) is 19.2 Å². The van der Waals surface area contributed by atoms with Crippen LogP contribution in [0.4, 0.5) is 0 Å². The van der Waals surface area contributed by atoms with Gasteiger partial charge in [0.25, 0.3) is 0 Å². The SMILES string of the molecule is NC(Cc1cnc[nH]1)C(=O)NC(CO)C(=O)NC(CCC(=O)O)C(=O)NC(Cc1ccccc1)C(=O)O. The van der Waals surface area contributed by atoms with E-state index in [-0.39, 0.29) is 19.3 Å². The molecule has 1 aromatic carbocycles. The molecular weight excluding hydrogens is 488 g/mol. The average molecular weight is 519 g/mol. The van der Waals surface area contributed by atoms with Crippen LogP contribution in [0, 0.1) is 0 Å². The van der Waals surface area contributed by atoms with Gasteiger partial charge in [-0.1, -0.05) is 30.3 Å². The van der Waals surface area contributed by atoms with E-state index in [2.05, 4.69) is 25.9 Å². The molecule has 14 heteroatoms. The van der Waals surface area contributed by atoms with Crippen molar-refractivity contribution in [1.82, 2.24) is 25.9 Å². The van der Waals surface area contributed by atoms with Crippen molar-refractivity contribution in [3.05, 3.63) is 54.1 Å². The number of aromatic nitrogens is 2. The van der Waals surface area contributed by atoms with Crippen LogP contribution in [0.25, 0.3) is 0 Å². The third kappa shape index (κ3) is 9.70. The number of H-pyrrole nitrogens is 1. The van der Waals surface area contributed by atoms with Crippen LogP contribution in [0.3, 0.4) is 0 Å². The lowest BCUT2D eigenvalue weighted by molar-refractivity contribution is -0.143. The van der Waals surface area contributed by atoms with Crippen LogP contribution < -0.4 is 21.7 Å². The highest BCUT2D eigenvalue weighted by Crippen LogP contribution is 2.06. The molecule has 1 heterocycles. The van der Waals surface area contributed by atoms with Gasteiger partial charge in [0, 0.05) is 31.2 Å². The highest BCUT2D eigenvalue weighted by atomic mass is 16.4. The third-order valence-electron chi connectivity index (χ3n) is 5.32. The summed E-state index contributed by atoms with van der Waals surface area (Å²) in [7, 11) is 0. The van der Waals surface area contributed by atoms with Crippen molar-refractivity contribution >= 4 is 29.7 Å². The van der Waals surface area contributed by atoms with Crippen molar-refractivity contribution in [3.63, 3.8) is 0 Å². The zero-order valence-corrected chi connectivity index (χ0v) is 19.8. The van der Waals surface area contributed by atoms with Gasteiger partial charge in [0.2, 0.25) is 17.7 Å². The van der Waals surface area contributed by atoms with Crippen LogP contribution in [0.15, 0.2) is 42.9 Å². The molecule has 4 unspecified atom stereocenters. The van der Waals surface area contributed by atoms with Crippen LogP contribution >= 0.6 is 0 Å². The number of nitrogens with one attached hydrogen (secondary N) is 4. The molecule has 0 aliphatic heterocycles. The summed E-state index contributed by atoms with van der Waals surface area (Å²) in [5.74, 6) is -5.25. The molecule has 0 saturated carbocycles. The number of imidazole rings is 1. The number of nitrogens with two attached hydrogens (primary N) is 1. The summed E-state index contributed by atoms with van der Waals surface area (Å²) in [5, 5.41) is 35.1. The fourth-order valence-corrected chi connectivity index (χ4v) is 3.33. The van der Waals surface area contributed by atoms with Gasteiger partial charge in [-0.05, 0) is 12.0 Å². The van der Waals surface area contributed by atoms with Crippen molar-refractivity contribution in [3.8, 4) is 0 Å². The van der Waals surface area contributed by atoms with Crippen LogP contribution in [0.2, 0.25) is 0 Å². The molecule has 0 aliphatic carbocycles. The van der Waals surface area contributed by atoms with Crippen molar-refractivity contribution in [2.45, 2.75) is 49.9 Å². The number of aliphatic carboxylic acids is 2. The van der Waals surface area contributed by atoms with Gasteiger partial charge in [-0.2, -0.15) is 0 Å². The molecule has 0 radical (unpaired) electrons. The monoisotopic (exact) mass is 518 g/mol. The van der Waals surface area contributed by atoms with Crippen LogP contribution in [-0.4, -0.2) is 85.7 Å². The Hall–Kier alpha value is -4.30. The minimum atomic E-state index is -1.50. The number of carboxylic acid groups (broad SMARTS) is 2. The number of rotatable bonds is 15. The fraction of sp³-hybridized carbons (Fsp3) is 0.391. The lowest BCUT2D eigenvalue weighted by Gasteiger charge is -2.24. The predicted molar refractivity (Wildman–Crippen MR) is 128 cm³/mol. The van der Waals surface area contributed by atoms with Crippen molar-refractivity contribution in [2.24, 2.45) is 5.73 Å². The molecule has 2 aromatic rings. The van der Waals surface area contributed by atoms with Crippen LogP contribution in [0.5, 0.6) is 0 Å². The van der Waals surface area contributed by atoms with Gasteiger partial charge in [0.05, 0.1) is 19.0 Å². The van der Waals surface area contributed by atoms with E-state index in [0.29, 0.717) is 11.3 Å². The van der Waals surface area contributed by atoms with Gasteiger partial charge in [-0.15, -0.1) is 0 Å². The number of nitrogens with zero attached hydrogens (tertiary/aromatic N) is 1. The smallest absolute Gasteiger partial charge is 0.326 e. The molecule has 0 fully saturated rings. The van der Waals surface area contributed by atoms with E-state index in [1.165, 1.54) is 12.5 Å². The standard InChI is InChI=1S/C23H30N6O8/c24-15(9-14-10-25-12-26-14)20(33)29-18(11-30)22(35)27-16(6-7-19(31)32)21(34)28-17(23(36)37)8-13-4-2-1-3-5-13/h1-5,10,12,15-18,30H,6-9,11,24H2,(H,25,26)(H,27,35)(H,28,34)(H,29,33)(H,31,32)(H,36,37). The molecule has 0 saturated heterocycles. The summed E-state index contributed by atoms with van der Waals surface area (Å²) < 4.78 is 0. The highest BCUT2D eigenvalue weighted by Gasteiger charge is 2.30. The number of carboxylic acids is 2. The molecule has 4 atom stereocenters.